The molecule has 5 heteroatoms. The summed E-state index contributed by atoms with van der Waals surface area (Å²) >= 11 is 0. The highest BCUT2D eigenvalue weighted by atomic mass is 16.6. The topological polar surface area (TPSA) is 65.1 Å². The zero-order valence-electron chi connectivity index (χ0n) is 8.44. The molecule has 0 saturated carbocycles. The molecule has 1 aliphatic heterocycles. The second kappa shape index (κ2) is 6.19. The van der Waals surface area contributed by atoms with Crippen molar-refractivity contribution < 1.29 is 23.8 Å². The molecule has 0 aromatic rings. The molecule has 84 valence electrons. The minimum Gasteiger partial charge on any atom is -0.463 e. The lowest BCUT2D eigenvalue weighted by Crippen LogP contribution is -2.12. The van der Waals surface area contributed by atoms with Crippen LogP contribution in [0.25, 0.3) is 0 Å². The molecule has 0 radical (unpaired) electrons. The Bertz CT molecular complexity index is 244. The van der Waals surface area contributed by atoms with Gasteiger partial charge in [-0.1, -0.05) is 12.7 Å². The third-order valence-electron chi connectivity index (χ3n) is 1.73. The predicted octanol–water partition coefficient (Wildman–Crippen LogP) is 0.438. The van der Waals surface area contributed by atoms with Gasteiger partial charge in [-0.3, -0.25) is 9.59 Å². The molecule has 1 heterocycles. The van der Waals surface area contributed by atoms with Crippen LogP contribution >= 0.6 is 0 Å². The fourth-order valence-corrected chi connectivity index (χ4v) is 0.850. The summed E-state index contributed by atoms with van der Waals surface area (Å²) in [5.74, 6) is -0.824. The molecule has 0 spiro atoms. The van der Waals surface area contributed by atoms with Gasteiger partial charge in [0.1, 0.15) is 19.3 Å². The third-order valence-corrected chi connectivity index (χ3v) is 1.73. The van der Waals surface area contributed by atoms with Crippen molar-refractivity contribution >= 4 is 11.9 Å². The van der Waals surface area contributed by atoms with E-state index in [4.69, 9.17) is 14.2 Å². The second-order valence-corrected chi connectivity index (χ2v) is 3.11. The number of epoxide rings is 1. The molecular weight excluding hydrogens is 200 g/mol. The molecular formula is C10H14O5. The first kappa shape index (κ1) is 11.7. The number of ether oxygens (including phenoxy) is 3. The third kappa shape index (κ3) is 5.85. The van der Waals surface area contributed by atoms with Crippen molar-refractivity contribution in [2.24, 2.45) is 0 Å². The summed E-state index contributed by atoms with van der Waals surface area (Å²) in [5, 5.41) is 0. The molecule has 0 N–H and O–H groups in total. The van der Waals surface area contributed by atoms with E-state index in [1.807, 2.05) is 0 Å². The molecule has 0 amide bonds. The van der Waals surface area contributed by atoms with Crippen molar-refractivity contribution in [3.63, 3.8) is 0 Å². The zero-order valence-corrected chi connectivity index (χ0v) is 8.44. The molecule has 15 heavy (non-hydrogen) atoms. The van der Waals surface area contributed by atoms with Gasteiger partial charge in [-0.2, -0.15) is 0 Å². The molecule has 1 atom stereocenters. The monoisotopic (exact) mass is 214 g/mol. The Morgan fingerprint density at radius 1 is 1.33 bits per heavy atom. The fourth-order valence-electron chi connectivity index (χ4n) is 0.850. The van der Waals surface area contributed by atoms with E-state index >= 15 is 0 Å². The SMILES string of the molecule is C=CCOC(=O)CCC(=O)OCC1CO1. The number of hydrogen-bond donors (Lipinski definition) is 0. The second-order valence-electron chi connectivity index (χ2n) is 3.11. The number of hydrogen-bond acceptors (Lipinski definition) is 5. The largest absolute Gasteiger partial charge is 0.463 e. The summed E-state index contributed by atoms with van der Waals surface area (Å²) in [5.41, 5.74) is 0. The number of rotatable bonds is 7. The van der Waals surface area contributed by atoms with E-state index in [0.717, 1.165) is 0 Å². The molecule has 0 aliphatic carbocycles. The van der Waals surface area contributed by atoms with Crippen molar-refractivity contribution in [1.82, 2.24) is 0 Å². The van der Waals surface area contributed by atoms with Gasteiger partial charge in [-0.05, 0) is 0 Å². The minimum absolute atomic E-state index is 0.0399. The van der Waals surface area contributed by atoms with Crippen LogP contribution in [-0.2, 0) is 23.8 Å². The standard InChI is InChI=1S/C10H14O5/c1-2-5-13-9(11)3-4-10(12)15-7-8-6-14-8/h2,8H,1,3-7H2. The fraction of sp³-hybridized carbons (Fsp3) is 0.600. The van der Waals surface area contributed by atoms with Crippen LogP contribution in [0.4, 0.5) is 0 Å². The maximum atomic E-state index is 11.0. The number of carbonyl (C=O) groups is 2. The smallest absolute Gasteiger partial charge is 0.306 e. The van der Waals surface area contributed by atoms with E-state index in [-0.39, 0.29) is 32.2 Å². The highest BCUT2D eigenvalue weighted by molar-refractivity contribution is 5.77. The quantitative estimate of drug-likeness (QED) is 0.349. The summed E-state index contributed by atoms with van der Waals surface area (Å²) in [4.78, 5) is 22.0. The minimum atomic E-state index is -0.422. The van der Waals surface area contributed by atoms with Gasteiger partial charge in [0.05, 0.1) is 19.4 Å². The highest BCUT2D eigenvalue weighted by Gasteiger charge is 2.24. The van der Waals surface area contributed by atoms with Crippen molar-refractivity contribution in [3.05, 3.63) is 12.7 Å². The van der Waals surface area contributed by atoms with Crippen LogP contribution in [0.3, 0.4) is 0 Å². The van der Waals surface area contributed by atoms with Crippen molar-refractivity contribution in [2.75, 3.05) is 19.8 Å². The van der Waals surface area contributed by atoms with Crippen molar-refractivity contribution in [3.8, 4) is 0 Å². The van der Waals surface area contributed by atoms with Gasteiger partial charge >= 0.3 is 11.9 Å². The predicted molar refractivity (Wildman–Crippen MR) is 51.1 cm³/mol. The van der Waals surface area contributed by atoms with Crippen LogP contribution in [0.2, 0.25) is 0 Å². The number of carbonyl (C=O) groups excluding carboxylic acids is 2. The summed E-state index contributed by atoms with van der Waals surface area (Å²) in [6.45, 7) is 4.50. The first-order valence-electron chi connectivity index (χ1n) is 4.76. The van der Waals surface area contributed by atoms with Gasteiger partial charge in [0.25, 0.3) is 0 Å². The molecule has 1 unspecified atom stereocenters. The first-order chi connectivity index (χ1) is 7.22. The van der Waals surface area contributed by atoms with Gasteiger partial charge in [0.15, 0.2) is 0 Å². The average Bonchev–Trinajstić information content (AvgIpc) is 3.04. The van der Waals surface area contributed by atoms with Crippen LogP contribution in [0.15, 0.2) is 12.7 Å². The lowest BCUT2D eigenvalue weighted by atomic mass is 10.3. The van der Waals surface area contributed by atoms with E-state index < -0.39 is 11.9 Å². The van der Waals surface area contributed by atoms with E-state index in [1.165, 1.54) is 6.08 Å². The van der Waals surface area contributed by atoms with Gasteiger partial charge in [0, 0.05) is 0 Å². The zero-order chi connectivity index (χ0) is 11.1. The van der Waals surface area contributed by atoms with Crippen LogP contribution in [-0.4, -0.2) is 37.9 Å². The van der Waals surface area contributed by atoms with Crippen LogP contribution in [0, 0.1) is 0 Å². The van der Waals surface area contributed by atoms with Gasteiger partial charge in [0.2, 0.25) is 0 Å². The molecule has 1 fully saturated rings. The molecule has 1 aliphatic rings. The molecule has 0 bridgehead atoms. The van der Waals surface area contributed by atoms with Crippen molar-refractivity contribution in [1.29, 1.82) is 0 Å². The highest BCUT2D eigenvalue weighted by Crippen LogP contribution is 2.09. The Labute approximate surface area is 88.0 Å². The number of esters is 2. The first-order valence-corrected chi connectivity index (χ1v) is 4.76. The Balaban J connectivity index is 1.99. The Kier molecular flexibility index (Phi) is 4.83. The summed E-state index contributed by atoms with van der Waals surface area (Å²) in [6.07, 6.45) is 1.61. The maximum Gasteiger partial charge on any atom is 0.306 e. The Morgan fingerprint density at radius 2 is 1.93 bits per heavy atom. The van der Waals surface area contributed by atoms with E-state index in [0.29, 0.717) is 6.61 Å². The molecule has 1 saturated heterocycles. The summed E-state index contributed by atoms with van der Waals surface area (Å²) in [6, 6.07) is 0. The molecule has 1 rings (SSSR count). The maximum absolute atomic E-state index is 11.0. The van der Waals surface area contributed by atoms with Crippen LogP contribution in [0.5, 0.6) is 0 Å². The lowest BCUT2D eigenvalue weighted by Gasteiger charge is -2.02. The Morgan fingerprint density at radius 3 is 2.47 bits per heavy atom. The summed E-state index contributed by atoms with van der Waals surface area (Å²) < 4.78 is 14.4. The van der Waals surface area contributed by atoms with E-state index in [2.05, 4.69) is 6.58 Å². The normalized spacial score (nSPS) is 18.0. The summed E-state index contributed by atoms with van der Waals surface area (Å²) in [7, 11) is 0. The van der Waals surface area contributed by atoms with Crippen LogP contribution < -0.4 is 0 Å². The average molecular weight is 214 g/mol. The van der Waals surface area contributed by atoms with Crippen molar-refractivity contribution in [2.45, 2.75) is 18.9 Å². The lowest BCUT2D eigenvalue weighted by molar-refractivity contribution is -0.150. The Hall–Kier alpha value is -1.36. The van der Waals surface area contributed by atoms with E-state index in [1.54, 1.807) is 0 Å². The molecule has 0 aromatic carbocycles. The van der Waals surface area contributed by atoms with Gasteiger partial charge in [-0.15, -0.1) is 0 Å². The molecule has 5 nitrogen and oxygen atoms in total. The molecule has 0 aromatic heterocycles. The van der Waals surface area contributed by atoms with E-state index in [9.17, 15) is 9.59 Å². The van der Waals surface area contributed by atoms with Gasteiger partial charge in [-0.25, -0.2) is 0 Å². The van der Waals surface area contributed by atoms with Crippen LogP contribution in [0.1, 0.15) is 12.8 Å². The van der Waals surface area contributed by atoms with Gasteiger partial charge < -0.3 is 14.2 Å².